The highest BCUT2D eigenvalue weighted by atomic mass is 79.9. The molecule has 0 spiro atoms. The van der Waals surface area contributed by atoms with Crippen molar-refractivity contribution in [1.82, 2.24) is 4.57 Å². The predicted octanol–water partition coefficient (Wildman–Crippen LogP) is 3.49. The Morgan fingerprint density at radius 1 is 1.48 bits per heavy atom. The zero-order valence-electron chi connectivity index (χ0n) is 11.6. The Labute approximate surface area is 130 Å². The predicted molar refractivity (Wildman–Crippen MR) is 83.0 cm³/mol. The van der Waals surface area contributed by atoms with Gasteiger partial charge in [-0.25, -0.2) is 0 Å². The van der Waals surface area contributed by atoms with Gasteiger partial charge in [0.05, 0.1) is 4.92 Å². The van der Waals surface area contributed by atoms with Crippen LogP contribution >= 0.6 is 15.9 Å². The fourth-order valence-electron chi connectivity index (χ4n) is 2.00. The quantitative estimate of drug-likeness (QED) is 0.676. The maximum absolute atomic E-state index is 10.7. The van der Waals surface area contributed by atoms with Gasteiger partial charge in [-0.2, -0.15) is 5.26 Å². The summed E-state index contributed by atoms with van der Waals surface area (Å²) in [4.78, 5) is 10.3. The number of rotatable bonds is 4. The average Bonchev–Trinajstić information content (AvgIpc) is 2.73. The van der Waals surface area contributed by atoms with Crippen molar-refractivity contribution in [3.63, 3.8) is 0 Å². The van der Waals surface area contributed by atoms with E-state index in [1.54, 1.807) is 6.07 Å². The molecule has 1 aromatic heterocycles. The molecule has 2 rings (SSSR count). The number of non-ortho nitro benzene ring substituents is 1. The van der Waals surface area contributed by atoms with E-state index >= 15 is 0 Å². The third-order valence-electron chi connectivity index (χ3n) is 3.39. The van der Waals surface area contributed by atoms with Gasteiger partial charge in [-0.3, -0.25) is 10.1 Å². The first-order valence-electron chi connectivity index (χ1n) is 6.17. The van der Waals surface area contributed by atoms with Crippen LogP contribution in [0.25, 0.3) is 0 Å². The number of halogens is 1. The van der Waals surface area contributed by atoms with Crippen LogP contribution in [0.2, 0.25) is 0 Å². The van der Waals surface area contributed by atoms with Gasteiger partial charge in [-0.1, -0.05) is 0 Å². The largest absolute Gasteiger partial charge is 0.380 e. The summed E-state index contributed by atoms with van der Waals surface area (Å²) in [6, 6.07) is 8.54. The smallest absolute Gasteiger partial charge is 0.270 e. The van der Waals surface area contributed by atoms with E-state index in [2.05, 4.69) is 27.3 Å². The molecule has 0 fully saturated rings. The first-order chi connectivity index (χ1) is 9.93. The number of anilines is 1. The fourth-order valence-corrected chi connectivity index (χ4v) is 2.51. The molecule has 1 aromatic carbocycles. The molecule has 0 saturated carbocycles. The first kappa shape index (κ1) is 15.1. The van der Waals surface area contributed by atoms with Crippen LogP contribution in [0.1, 0.15) is 17.0 Å². The highest BCUT2D eigenvalue weighted by Gasteiger charge is 2.11. The average molecular weight is 349 g/mol. The van der Waals surface area contributed by atoms with Crippen molar-refractivity contribution in [3.05, 3.63) is 55.8 Å². The number of nitrogens with one attached hydrogen (secondary N) is 1. The Balaban J connectivity index is 2.17. The minimum absolute atomic E-state index is 0.0371. The van der Waals surface area contributed by atoms with Gasteiger partial charge in [-0.15, -0.1) is 0 Å². The molecular formula is C14H13BrN4O2. The Kier molecular flexibility index (Phi) is 4.29. The van der Waals surface area contributed by atoms with Gasteiger partial charge in [0.25, 0.3) is 5.69 Å². The molecule has 0 bridgehead atoms. The molecule has 0 aliphatic heterocycles. The standard InChI is InChI=1S/C14H13BrN4O2/c1-9-10(5-12(7-16)18(9)2)8-17-14-4-3-11(19(20)21)6-13(14)15/h3-6,17H,8H2,1-2H3. The van der Waals surface area contributed by atoms with Gasteiger partial charge in [0.15, 0.2) is 0 Å². The molecule has 0 saturated heterocycles. The molecule has 1 heterocycles. The summed E-state index contributed by atoms with van der Waals surface area (Å²) in [6.45, 7) is 2.49. The zero-order valence-corrected chi connectivity index (χ0v) is 13.1. The first-order valence-corrected chi connectivity index (χ1v) is 6.96. The van der Waals surface area contributed by atoms with Crippen molar-refractivity contribution in [3.8, 4) is 6.07 Å². The van der Waals surface area contributed by atoms with Crippen molar-refractivity contribution in [2.24, 2.45) is 7.05 Å². The van der Waals surface area contributed by atoms with Gasteiger partial charge in [-0.05, 0) is 40.5 Å². The van der Waals surface area contributed by atoms with Crippen molar-refractivity contribution in [2.45, 2.75) is 13.5 Å². The summed E-state index contributed by atoms with van der Waals surface area (Å²) < 4.78 is 2.47. The van der Waals surface area contributed by atoms with Gasteiger partial charge in [0, 0.05) is 41.6 Å². The summed E-state index contributed by atoms with van der Waals surface area (Å²) in [5.74, 6) is 0. The van der Waals surface area contributed by atoms with E-state index < -0.39 is 4.92 Å². The molecule has 21 heavy (non-hydrogen) atoms. The molecule has 7 heteroatoms. The molecule has 6 nitrogen and oxygen atoms in total. The number of aromatic nitrogens is 1. The van der Waals surface area contributed by atoms with E-state index in [-0.39, 0.29) is 5.69 Å². The van der Waals surface area contributed by atoms with Crippen LogP contribution in [0.15, 0.2) is 28.7 Å². The molecule has 1 N–H and O–H groups in total. The SMILES string of the molecule is Cc1c(CNc2ccc([N+](=O)[O-])cc2Br)cc(C#N)n1C. The topological polar surface area (TPSA) is 83.9 Å². The van der Waals surface area contributed by atoms with Crippen LogP contribution in [0.3, 0.4) is 0 Å². The normalized spacial score (nSPS) is 10.2. The molecular weight excluding hydrogens is 336 g/mol. The van der Waals surface area contributed by atoms with E-state index in [1.807, 2.05) is 24.6 Å². The monoisotopic (exact) mass is 348 g/mol. The lowest BCUT2D eigenvalue weighted by Crippen LogP contribution is -2.02. The highest BCUT2D eigenvalue weighted by Crippen LogP contribution is 2.27. The Morgan fingerprint density at radius 2 is 2.19 bits per heavy atom. The molecule has 0 unspecified atom stereocenters. The number of nitro groups is 1. The van der Waals surface area contributed by atoms with E-state index in [1.165, 1.54) is 12.1 Å². The molecule has 0 aliphatic carbocycles. The number of hydrogen-bond acceptors (Lipinski definition) is 4. The molecule has 108 valence electrons. The Morgan fingerprint density at radius 3 is 2.71 bits per heavy atom. The van der Waals surface area contributed by atoms with Gasteiger partial charge in [0.2, 0.25) is 0 Å². The fraction of sp³-hybridized carbons (Fsp3) is 0.214. The summed E-state index contributed by atoms with van der Waals surface area (Å²) in [5, 5.41) is 22.9. The van der Waals surface area contributed by atoms with Crippen molar-refractivity contribution in [1.29, 1.82) is 5.26 Å². The van der Waals surface area contributed by atoms with Crippen molar-refractivity contribution >= 4 is 27.3 Å². The van der Waals surface area contributed by atoms with Crippen molar-refractivity contribution in [2.75, 3.05) is 5.32 Å². The number of nitro benzene ring substituents is 1. The summed E-state index contributed by atoms with van der Waals surface area (Å²) in [5.41, 5.74) is 3.43. The lowest BCUT2D eigenvalue weighted by molar-refractivity contribution is -0.384. The van der Waals surface area contributed by atoms with Gasteiger partial charge in [0.1, 0.15) is 11.8 Å². The number of benzene rings is 1. The maximum atomic E-state index is 10.7. The van der Waals surface area contributed by atoms with Crippen LogP contribution < -0.4 is 5.32 Å². The van der Waals surface area contributed by atoms with E-state index in [0.717, 1.165) is 16.9 Å². The maximum Gasteiger partial charge on any atom is 0.270 e. The Hall–Kier alpha value is -2.33. The van der Waals surface area contributed by atoms with Crippen molar-refractivity contribution < 1.29 is 4.92 Å². The molecule has 0 radical (unpaired) electrons. The minimum Gasteiger partial charge on any atom is -0.380 e. The third-order valence-corrected chi connectivity index (χ3v) is 4.04. The van der Waals surface area contributed by atoms with Crippen LogP contribution in [0, 0.1) is 28.4 Å². The number of nitrogens with zero attached hydrogens (tertiary/aromatic N) is 3. The van der Waals surface area contributed by atoms with Crippen LogP contribution in [-0.2, 0) is 13.6 Å². The zero-order chi connectivity index (χ0) is 15.6. The number of hydrogen-bond donors (Lipinski definition) is 1. The van der Waals surface area contributed by atoms with E-state index in [0.29, 0.717) is 16.7 Å². The molecule has 0 amide bonds. The van der Waals surface area contributed by atoms with E-state index in [4.69, 9.17) is 5.26 Å². The summed E-state index contributed by atoms with van der Waals surface area (Å²) >= 11 is 3.32. The molecule has 0 atom stereocenters. The summed E-state index contributed by atoms with van der Waals surface area (Å²) in [6.07, 6.45) is 0. The van der Waals surface area contributed by atoms with E-state index in [9.17, 15) is 10.1 Å². The second-order valence-electron chi connectivity index (χ2n) is 4.59. The van der Waals surface area contributed by atoms with Gasteiger partial charge < -0.3 is 9.88 Å². The highest BCUT2D eigenvalue weighted by molar-refractivity contribution is 9.10. The number of nitriles is 1. The molecule has 0 aliphatic rings. The molecule has 2 aromatic rings. The second kappa shape index (κ2) is 5.97. The second-order valence-corrected chi connectivity index (χ2v) is 5.44. The Bertz CT molecular complexity index is 746. The van der Waals surface area contributed by atoms with Crippen LogP contribution in [-0.4, -0.2) is 9.49 Å². The lowest BCUT2D eigenvalue weighted by atomic mass is 10.2. The van der Waals surface area contributed by atoms with Crippen LogP contribution in [0.5, 0.6) is 0 Å². The minimum atomic E-state index is -0.435. The summed E-state index contributed by atoms with van der Waals surface area (Å²) in [7, 11) is 1.85. The van der Waals surface area contributed by atoms with Crippen LogP contribution in [0.4, 0.5) is 11.4 Å². The van der Waals surface area contributed by atoms with Gasteiger partial charge >= 0.3 is 0 Å². The third kappa shape index (κ3) is 3.06. The lowest BCUT2D eigenvalue weighted by Gasteiger charge is -2.08.